The molecule has 0 aliphatic rings. The molecular formula is C15H27ClMg. The molecule has 0 radical (unpaired) electrons. The summed E-state index contributed by atoms with van der Waals surface area (Å²) in [6.07, 6.45) is 11.2. The number of halogens is 1. The summed E-state index contributed by atoms with van der Waals surface area (Å²) < 4.78 is 1.16. The molecule has 0 fully saturated rings. The number of hydrogen-bond donors (Lipinski definition) is 0. The molecule has 96 valence electrons. The van der Waals surface area contributed by atoms with E-state index in [0.29, 0.717) is 0 Å². The zero-order chi connectivity index (χ0) is 13.1. The van der Waals surface area contributed by atoms with E-state index in [9.17, 15) is 0 Å². The maximum absolute atomic E-state index is 5.80. The van der Waals surface area contributed by atoms with E-state index in [-0.39, 0.29) is 19.3 Å². The van der Waals surface area contributed by atoms with Crippen LogP contribution in [-0.2, 0) is 0 Å². The van der Waals surface area contributed by atoms with Gasteiger partial charge < -0.3 is 9.07 Å². The normalized spacial score (nSPS) is 13.1. The minimum atomic E-state index is -0.298. The van der Waals surface area contributed by atoms with Crippen LogP contribution in [0, 0.1) is 5.92 Å². The molecule has 0 spiro atoms. The second-order valence-electron chi connectivity index (χ2n) is 5.38. The van der Waals surface area contributed by atoms with Gasteiger partial charge in [0.15, 0.2) is 0 Å². The van der Waals surface area contributed by atoms with Gasteiger partial charge in [0.1, 0.15) is 0 Å². The van der Waals surface area contributed by atoms with Crippen molar-refractivity contribution in [2.24, 2.45) is 5.92 Å². The van der Waals surface area contributed by atoms with Gasteiger partial charge in [-0.3, -0.25) is 0 Å². The fourth-order valence-electron chi connectivity index (χ4n) is 1.93. The highest BCUT2D eigenvalue weighted by molar-refractivity contribution is 6.93. The van der Waals surface area contributed by atoms with Gasteiger partial charge in [-0.25, -0.2) is 0 Å². The van der Waals surface area contributed by atoms with Gasteiger partial charge >= 0.3 is 19.3 Å². The first-order chi connectivity index (χ1) is 8.06. The lowest BCUT2D eigenvalue weighted by Gasteiger charge is -2.10. The Kier molecular flexibility index (Phi) is 12.0. The first-order valence-corrected chi connectivity index (χ1v) is 10.0. The first-order valence-electron chi connectivity index (χ1n) is 6.91. The predicted octanol–water partition coefficient (Wildman–Crippen LogP) is 5.76. The Hall–Kier alpha value is 0.536. The molecule has 17 heavy (non-hydrogen) atoms. The maximum atomic E-state index is 5.80. The number of rotatable bonds is 9. The Morgan fingerprint density at radius 3 is 2.47 bits per heavy atom. The molecule has 0 bridgehead atoms. The van der Waals surface area contributed by atoms with Gasteiger partial charge in [-0.15, -0.1) is 10.6 Å². The zero-order valence-electron chi connectivity index (χ0n) is 12.1. The summed E-state index contributed by atoms with van der Waals surface area (Å²) in [6.45, 7) is 8.98. The van der Waals surface area contributed by atoms with Crippen LogP contribution in [0.2, 0.25) is 4.55 Å². The van der Waals surface area contributed by atoms with Crippen LogP contribution in [0.4, 0.5) is 0 Å². The number of hydrogen-bond acceptors (Lipinski definition) is 0. The van der Waals surface area contributed by atoms with Crippen molar-refractivity contribution in [3.63, 3.8) is 0 Å². The fourth-order valence-corrected chi connectivity index (χ4v) is 2.86. The van der Waals surface area contributed by atoms with Gasteiger partial charge in [0.2, 0.25) is 0 Å². The molecule has 0 N–H and O–H groups in total. The van der Waals surface area contributed by atoms with Crippen molar-refractivity contribution in [1.82, 2.24) is 0 Å². The highest BCUT2D eigenvalue weighted by atomic mass is 35.5. The molecule has 0 aromatic carbocycles. The van der Waals surface area contributed by atoms with E-state index >= 15 is 0 Å². The Bertz CT molecular complexity index is 239. The lowest BCUT2D eigenvalue weighted by atomic mass is 9.97. The lowest BCUT2D eigenvalue weighted by molar-refractivity contribution is 0.478. The molecule has 1 atom stereocenters. The summed E-state index contributed by atoms with van der Waals surface area (Å²) in [5.41, 5.74) is 2.98. The summed E-state index contributed by atoms with van der Waals surface area (Å²) in [5.74, 6) is 0.862. The first kappa shape index (κ1) is 17.5. The largest absolute Gasteiger partial charge is 0.504 e. The molecule has 0 aromatic rings. The molecule has 0 aliphatic carbocycles. The molecule has 0 saturated heterocycles. The Labute approximate surface area is 121 Å². The van der Waals surface area contributed by atoms with Crippen LogP contribution < -0.4 is 0 Å². The second-order valence-corrected chi connectivity index (χ2v) is 7.47. The third-order valence-electron chi connectivity index (χ3n) is 3.08. The predicted molar refractivity (Wildman–Crippen MR) is 81.9 cm³/mol. The molecule has 0 aliphatic heterocycles. The van der Waals surface area contributed by atoms with Crippen molar-refractivity contribution in [3.8, 4) is 0 Å². The van der Waals surface area contributed by atoms with Gasteiger partial charge in [0.05, 0.1) is 0 Å². The second kappa shape index (κ2) is 11.6. The SMILES string of the molecule is CC(C)=CCCC(C)CCCC(C)=C[CH2][Mg][Cl]. The van der Waals surface area contributed by atoms with Crippen LogP contribution in [-0.4, -0.2) is 19.3 Å². The minimum absolute atomic E-state index is 0.298. The summed E-state index contributed by atoms with van der Waals surface area (Å²) >= 11 is -0.298. The molecule has 0 aromatic heterocycles. The van der Waals surface area contributed by atoms with Crippen molar-refractivity contribution in [3.05, 3.63) is 23.3 Å². The van der Waals surface area contributed by atoms with Gasteiger partial charge in [0, 0.05) is 0 Å². The highest BCUT2D eigenvalue weighted by Crippen LogP contribution is 2.17. The maximum Gasteiger partial charge on any atom is 0.504 e. The van der Waals surface area contributed by atoms with Crippen LogP contribution in [0.15, 0.2) is 23.3 Å². The minimum Gasteiger partial charge on any atom is -0.346 e. The van der Waals surface area contributed by atoms with Crippen LogP contribution >= 0.6 is 9.07 Å². The van der Waals surface area contributed by atoms with Gasteiger partial charge in [0.25, 0.3) is 0 Å². The Morgan fingerprint density at radius 1 is 1.18 bits per heavy atom. The lowest BCUT2D eigenvalue weighted by Crippen LogP contribution is -1.94. The molecule has 1 unspecified atom stereocenters. The van der Waals surface area contributed by atoms with Crippen LogP contribution in [0.1, 0.15) is 59.8 Å². The molecule has 0 nitrogen and oxygen atoms in total. The zero-order valence-corrected chi connectivity index (χ0v) is 14.2. The summed E-state index contributed by atoms with van der Waals surface area (Å²) in [5, 5.41) is 0. The van der Waals surface area contributed by atoms with E-state index in [1.54, 1.807) is 0 Å². The third-order valence-corrected chi connectivity index (χ3v) is 4.24. The van der Waals surface area contributed by atoms with Gasteiger partial charge in [-0.2, -0.15) is 0 Å². The van der Waals surface area contributed by atoms with Crippen molar-refractivity contribution >= 4 is 28.3 Å². The van der Waals surface area contributed by atoms with E-state index in [1.807, 2.05) is 0 Å². The molecule has 0 rings (SSSR count). The molecule has 2 heteroatoms. The fraction of sp³-hybridized carbons (Fsp3) is 0.733. The third kappa shape index (κ3) is 12.8. The van der Waals surface area contributed by atoms with E-state index in [0.717, 1.165) is 10.5 Å². The standard InChI is InChI=1S/C15H27.ClH.Mg/c1-6-14(4)10-8-12-15(5)11-7-9-13(2)3;;/h6,9,15H,1,7-8,10-12H2,2-5H3;1H;/q;;+1/p-1. The topological polar surface area (TPSA) is 0 Å². The average Bonchev–Trinajstić information content (AvgIpc) is 2.25. The van der Waals surface area contributed by atoms with Crippen LogP contribution in [0.3, 0.4) is 0 Å². The van der Waals surface area contributed by atoms with Crippen LogP contribution in [0.5, 0.6) is 0 Å². The summed E-state index contributed by atoms with van der Waals surface area (Å²) in [6, 6.07) is 0. The Balaban J connectivity index is 3.57. The van der Waals surface area contributed by atoms with Crippen LogP contribution in [0.25, 0.3) is 0 Å². The average molecular weight is 267 g/mol. The summed E-state index contributed by atoms with van der Waals surface area (Å²) in [4.78, 5) is 0. The van der Waals surface area contributed by atoms with Gasteiger partial charge in [-0.05, 0) is 52.4 Å². The highest BCUT2D eigenvalue weighted by Gasteiger charge is 2.01. The van der Waals surface area contributed by atoms with Crippen molar-refractivity contribution in [2.75, 3.05) is 0 Å². The molecule has 0 heterocycles. The van der Waals surface area contributed by atoms with E-state index in [2.05, 4.69) is 39.8 Å². The van der Waals surface area contributed by atoms with Gasteiger partial charge in [-0.1, -0.05) is 30.6 Å². The van der Waals surface area contributed by atoms with E-state index in [1.165, 1.54) is 43.3 Å². The number of allylic oxidation sites excluding steroid dienone is 4. The smallest absolute Gasteiger partial charge is 0.346 e. The molecular weight excluding hydrogens is 240 g/mol. The molecule has 0 amide bonds. The van der Waals surface area contributed by atoms with E-state index < -0.39 is 0 Å². The van der Waals surface area contributed by atoms with Crippen molar-refractivity contribution < 1.29 is 0 Å². The van der Waals surface area contributed by atoms with E-state index in [4.69, 9.17) is 9.07 Å². The quantitative estimate of drug-likeness (QED) is 0.368. The van der Waals surface area contributed by atoms with Crippen molar-refractivity contribution in [2.45, 2.75) is 64.3 Å². The Morgan fingerprint density at radius 2 is 1.88 bits per heavy atom. The van der Waals surface area contributed by atoms with Crippen molar-refractivity contribution in [1.29, 1.82) is 0 Å². The molecule has 0 saturated carbocycles. The summed E-state index contributed by atoms with van der Waals surface area (Å²) in [7, 11) is 5.80. The monoisotopic (exact) mass is 266 g/mol.